The highest BCUT2D eigenvalue weighted by molar-refractivity contribution is 5.30. The van der Waals surface area contributed by atoms with E-state index in [1.165, 1.54) is 42.4 Å². The normalized spacial score (nSPS) is 20.7. The third-order valence-corrected chi connectivity index (χ3v) is 3.90. The lowest BCUT2D eigenvalue weighted by atomic mass is 9.96. The summed E-state index contributed by atoms with van der Waals surface area (Å²) in [5.74, 6) is 0. The first-order valence-corrected chi connectivity index (χ1v) is 7.62. The van der Waals surface area contributed by atoms with Crippen molar-refractivity contribution in [2.45, 2.75) is 58.6 Å². The maximum Gasteiger partial charge on any atom is 0.0576 e. The molecule has 106 valence electrons. The van der Waals surface area contributed by atoms with Crippen molar-refractivity contribution in [1.29, 1.82) is 0 Å². The van der Waals surface area contributed by atoms with Crippen LogP contribution in [0.25, 0.3) is 0 Å². The van der Waals surface area contributed by atoms with Crippen molar-refractivity contribution in [1.82, 2.24) is 5.32 Å². The van der Waals surface area contributed by atoms with Crippen LogP contribution in [0.3, 0.4) is 0 Å². The minimum Gasteiger partial charge on any atom is -0.378 e. The number of aryl methyl sites for hydroxylation is 2. The van der Waals surface area contributed by atoms with Crippen LogP contribution in [-0.4, -0.2) is 19.3 Å². The summed E-state index contributed by atoms with van der Waals surface area (Å²) in [7, 11) is 0. The fourth-order valence-electron chi connectivity index (χ4n) is 3.07. The number of hydrogen-bond donors (Lipinski definition) is 1. The predicted octanol–water partition coefficient (Wildman–Crippen LogP) is 3.91. The second kappa shape index (κ2) is 7.06. The molecule has 0 aliphatic carbocycles. The number of rotatable bonds is 6. The van der Waals surface area contributed by atoms with Gasteiger partial charge in [0.2, 0.25) is 0 Å². The Bertz CT molecular complexity index is 376. The summed E-state index contributed by atoms with van der Waals surface area (Å²) < 4.78 is 5.74. The molecule has 1 heterocycles. The Hall–Kier alpha value is -0.860. The van der Waals surface area contributed by atoms with Crippen LogP contribution in [0.5, 0.6) is 0 Å². The Morgan fingerprint density at radius 1 is 1.26 bits per heavy atom. The Balaban J connectivity index is 2.00. The highest BCUT2D eigenvalue weighted by Gasteiger charge is 2.18. The molecule has 1 aliphatic rings. The summed E-state index contributed by atoms with van der Waals surface area (Å²) in [6.45, 7) is 8.52. The lowest BCUT2D eigenvalue weighted by molar-refractivity contribution is 0.0996. The summed E-state index contributed by atoms with van der Waals surface area (Å²) in [6.07, 6.45) is 5.31. The van der Waals surface area contributed by atoms with Gasteiger partial charge >= 0.3 is 0 Å². The van der Waals surface area contributed by atoms with Gasteiger partial charge in [-0.05, 0) is 51.6 Å². The predicted molar refractivity (Wildman–Crippen MR) is 80.5 cm³/mol. The highest BCUT2D eigenvalue weighted by atomic mass is 16.5. The van der Waals surface area contributed by atoms with Gasteiger partial charge in [0.1, 0.15) is 0 Å². The average molecular weight is 261 g/mol. The van der Waals surface area contributed by atoms with E-state index in [1.807, 2.05) is 0 Å². The molecule has 0 radical (unpaired) electrons. The molecule has 1 N–H and O–H groups in total. The zero-order valence-electron chi connectivity index (χ0n) is 12.5. The monoisotopic (exact) mass is 261 g/mol. The Morgan fingerprint density at radius 3 is 2.58 bits per heavy atom. The molecule has 2 unspecified atom stereocenters. The highest BCUT2D eigenvalue weighted by Crippen LogP contribution is 2.25. The number of nitrogens with one attached hydrogen (secondary N) is 1. The van der Waals surface area contributed by atoms with E-state index >= 15 is 0 Å². The van der Waals surface area contributed by atoms with E-state index in [9.17, 15) is 0 Å². The van der Waals surface area contributed by atoms with Gasteiger partial charge in [-0.25, -0.2) is 0 Å². The number of benzene rings is 1. The molecule has 1 aromatic carbocycles. The van der Waals surface area contributed by atoms with Gasteiger partial charge in [-0.1, -0.05) is 36.2 Å². The van der Waals surface area contributed by atoms with Gasteiger partial charge in [0.05, 0.1) is 6.10 Å². The van der Waals surface area contributed by atoms with Gasteiger partial charge in [0.25, 0.3) is 0 Å². The van der Waals surface area contributed by atoms with Gasteiger partial charge in [-0.3, -0.25) is 0 Å². The minimum atomic E-state index is 0.466. The summed E-state index contributed by atoms with van der Waals surface area (Å²) in [6, 6.07) is 7.34. The van der Waals surface area contributed by atoms with Crippen LogP contribution < -0.4 is 5.32 Å². The lowest BCUT2D eigenvalue weighted by Gasteiger charge is -2.21. The molecule has 2 nitrogen and oxygen atoms in total. The van der Waals surface area contributed by atoms with Crippen molar-refractivity contribution >= 4 is 0 Å². The van der Waals surface area contributed by atoms with Crippen molar-refractivity contribution in [2.75, 3.05) is 13.2 Å². The molecule has 2 heteroatoms. The van der Waals surface area contributed by atoms with Crippen molar-refractivity contribution < 1.29 is 4.74 Å². The van der Waals surface area contributed by atoms with Crippen molar-refractivity contribution in [3.8, 4) is 0 Å². The maximum absolute atomic E-state index is 5.74. The maximum atomic E-state index is 5.74. The van der Waals surface area contributed by atoms with Crippen LogP contribution in [0.1, 0.15) is 55.3 Å². The zero-order chi connectivity index (χ0) is 13.7. The Labute approximate surface area is 117 Å². The Morgan fingerprint density at radius 2 is 2.00 bits per heavy atom. The van der Waals surface area contributed by atoms with E-state index in [2.05, 4.69) is 44.3 Å². The van der Waals surface area contributed by atoms with E-state index < -0.39 is 0 Å². The van der Waals surface area contributed by atoms with E-state index in [1.54, 1.807) is 0 Å². The zero-order valence-corrected chi connectivity index (χ0v) is 12.5. The van der Waals surface area contributed by atoms with Gasteiger partial charge in [0, 0.05) is 12.6 Å². The number of ether oxygens (including phenoxy) is 1. The topological polar surface area (TPSA) is 21.3 Å². The minimum absolute atomic E-state index is 0.466. The molecule has 0 amide bonds. The quantitative estimate of drug-likeness (QED) is 0.838. The molecule has 0 saturated carbocycles. The SMILES string of the molecule is CCNC(CCC1CCCO1)c1cc(C)cc(C)c1. The van der Waals surface area contributed by atoms with E-state index in [-0.39, 0.29) is 0 Å². The molecule has 0 spiro atoms. The van der Waals surface area contributed by atoms with E-state index in [0.717, 1.165) is 13.2 Å². The Kier molecular flexibility index (Phi) is 5.41. The standard InChI is InChI=1S/C17H27NO/c1-4-18-17(8-7-16-6-5-9-19-16)15-11-13(2)10-14(3)12-15/h10-12,16-18H,4-9H2,1-3H3. The number of hydrogen-bond acceptors (Lipinski definition) is 2. The first kappa shape index (κ1) is 14.5. The van der Waals surface area contributed by atoms with Crippen LogP contribution in [0.2, 0.25) is 0 Å². The summed E-state index contributed by atoms with van der Waals surface area (Å²) in [5, 5.41) is 3.62. The molecule has 0 aromatic heterocycles. The smallest absolute Gasteiger partial charge is 0.0576 e. The van der Waals surface area contributed by atoms with Crippen LogP contribution in [0.4, 0.5) is 0 Å². The fraction of sp³-hybridized carbons (Fsp3) is 0.647. The molecular weight excluding hydrogens is 234 g/mol. The first-order chi connectivity index (χ1) is 9.19. The second-order valence-electron chi connectivity index (χ2n) is 5.74. The molecular formula is C17H27NO. The summed E-state index contributed by atoms with van der Waals surface area (Å²) in [5.41, 5.74) is 4.14. The third kappa shape index (κ3) is 4.32. The molecule has 1 saturated heterocycles. The average Bonchev–Trinajstić information content (AvgIpc) is 2.86. The van der Waals surface area contributed by atoms with Crippen molar-refractivity contribution in [3.63, 3.8) is 0 Å². The lowest BCUT2D eigenvalue weighted by Crippen LogP contribution is -2.22. The van der Waals surface area contributed by atoms with Crippen molar-refractivity contribution in [2.24, 2.45) is 0 Å². The van der Waals surface area contributed by atoms with Gasteiger partial charge < -0.3 is 10.1 Å². The summed E-state index contributed by atoms with van der Waals surface area (Å²) in [4.78, 5) is 0. The van der Waals surface area contributed by atoms with Gasteiger partial charge in [0.15, 0.2) is 0 Å². The molecule has 19 heavy (non-hydrogen) atoms. The van der Waals surface area contributed by atoms with Crippen LogP contribution in [0, 0.1) is 13.8 Å². The second-order valence-corrected chi connectivity index (χ2v) is 5.74. The van der Waals surface area contributed by atoms with Crippen LogP contribution >= 0.6 is 0 Å². The molecule has 1 aromatic rings. The van der Waals surface area contributed by atoms with E-state index in [4.69, 9.17) is 4.74 Å². The molecule has 0 bridgehead atoms. The van der Waals surface area contributed by atoms with Crippen LogP contribution in [-0.2, 0) is 4.74 Å². The molecule has 1 fully saturated rings. The van der Waals surface area contributed by atoms with Gasteiger partial charge in [-0.15, -0.1) is 0 Å². The molecule has 1 aliphatic heterocycles. The summed E-state index contributed by atoms with van der Waals surface area (Å²) >= 11 is 0. The molecule has 2 rings (SSSR count). The van der Waals surface area contributed by atoms with E-state index in [0.29, 0.717) is 12.1 Å². The van der Waals surface area contributed by atoms with Crippen LogP contribution in [0.15, 0.2) is 18.2 Å². The molecule has 2 atom stereocenters. The van der Waals surface area contributed by atoms with Gasteiger partial charge in [-0.2, -0.15) is 0 Å². The van der Waals surface area contributed by atoms with Crippen molar-refractivity contribution in [3.05, 3.63) is 34.9 Å². The largest absolute Gasteiger partial charge is 0.378 e. The fourth-order valence-corrected chi connectivity index (χ4v) is 3.07. The third-order valence-electron chi connectivity index (χ3n) is 3.90. The first-order valence-electron chi connectivity index (χ1n) is 7.62.